The number of benzene rings is 1. The molecule has 1 aromatic carbocycles. The Kier molecular flexibility index (Phi) is 36.7. The second-order valence-corrected chi connectivity index (χ2v) is 22.7. The summed E-state index contributed by atoms with van der Waals surface area (Å²) in [6.07, 6.45) is -2.29. The Labute approximate surface area is 528 Å². The van der Waals surface area contributed by atoms with Crippen molar-refractivity contribution in [2.24, 2.45) is 73.6 Å². The molecule has 27 N–H and O–H groups in total. The van der Waals surface area contributed by atoms with Crippen molar-refractivity contribution in [3.8, 4) is 0 Å². The first-order valence-corrected chi connectivity index (χ1v) is 30.1. The molecule has 34 nitrogen and oxygen atoms in total. The lowest BCUT2D eigenvalue weighted by Crippen LogP contribution is -2.61. The van der Waals surface area contributed by atoms with Crippen LogP contribution in [-0.4, -0.2) is 179 Å². The summed E-state index contributed by atoms with van der Waals surface area (Å²) in [6.45, 7) is 10.2. The molecule has 0 aliphatic carbocycles. The lowest BCUT2D eigenvalue weighted by molar-refractivity contribution is -0.144. The van der Waals surface area contributed by atoms with Crippen LogP contribution in [0.1, 0.15) is 131 Å². The van der Waals surface area contributed by atoms with Gasteiger partial charge in [0.15, 0.2) is 11.9 Å². The summed E-state index contributed by atoms with van der Waals surface area (Å²) in [7, 11) is 0. The predicted octanol–water partition coefficient (Wildman–Crippen LogP) is -5.40. The number of guanidine groups is 2. The third-order valence-corrected chi connectivity index (χ3v) is 14.2. The number of nitrogens with one attached hydrogen (secondary N) is 9. The Bertz CT molecular complexity index is 2670. The van der Waals surface area contributed by atoms with Crippen molar-refractivity contribution in [3.05, 3.63) is 35.9 Å². The highest BCUT2D eigenvalue weighted by molar-refractivity contribution is 5.99. The zero-order valence-corrected chi connectivity index (χ0v) is 52.6. The maximum Gasteiger partial charge on any atom is 0.326 e. The molecule has 0 aromatic heterocycles. The summed E-state index contributed by atoms with van der Waals surface area (Å²) < 4.78 is 0. The lowest BCUT2D eigenvalue weighted by Gasteiger charge is -2.30. The van der Waals surface area contributed by atoms with Crippen LogP contribution in [0.25, 0.3) is 0 Å². The first kappa shape index (κ1) is 79.8. The number of amides is 11. The van der Waals surface area contributed by atoms with Gasteiger partial charge in [-0.05, 0) is 87.6 Å². The van der Waals surface area contributed by atoms with Crippen LogP contribution in [-0.2, 0) is 68.7 Å². The SMILES string of the molecule is CCC(C)C(NC(=O)C(CCCN=C(N)N)NC(=O)C(CCC(N)=O)NC(=O)C(N)C(C)C)C(=O)NC(CCCCN)C(=O)NC(CC(=O)O)C(=O)NC(Cc1ccccc1)C(=O)NC(CC(C)C)C(=O)NC(CCCN=C(N)N)C(=O)NC(CC(N)=O)C(=O)O. The van der Waals surface area contributed by atoms with Crippen molar-refractivity contribution < 1.29 is 72.5 Å². The maximum absolute atomic E-state index is 14.5. The number of aliphatic imine (C=N–C) groups is 2. The number of aliphatic carboxylic acids is 2. The molecule has 91 heavy (non-hydrogen) atoms. The summed E-state index contributed by atoms with van der Waals surface area (Å²) in [4.78, 5) is 182. The number of carbonyl (C=O) groups is 13. The van der Waals surface area contributed by atoms with E-state index in [0.29, 0.717) is 12.0 Å². The minimum atomic E-state index is -1.94. The number of hydrogen-bond acceptors (Lipinski definition) is 17. The van der Waals surface area contributed by atoms with Crippen LogP contribution in [0, 0.1) is 17.8 Å². The van der Waals surface area contributed by atoms with Gasteiger partial charge in [-0.3, -0.25) is 67.5 Å². The Morgan fingerprint density at radius 2 is 0.890 bits per heavy atom. The van der Waals surface area contributed by atoms with Crippen LogP contribution in [0.15, 0.2) is 40.3 Å². The quantitative estimate of drug-likeness (QED) is 0.0165. The van der Waals surface area contributed by atoms with E-state index in [1.807, 2.05) is 0 Å². The number of primary amides is 2. The van der Waals surface area contributed by atoms with E-state index in [4.69, 9.17) is 45.9 Å². The van der Waals surface area contributed by atoms with Crippen molar-refractivity contribution in [1.82, 2.24) is 47.9 Å². The molecule has 0 saturated heterocycles. The van der Waals surface area contributed by atoms with Crippen LogP contribution < -0.4 is 93.7 Å². The minimum Gasteiger partial charge on any atom is -0.481 e. The van der Waals surface area contributed by atoms with Gasteiger partial charge in [0.2, 0.25) is 65.0 Å². The number of hydrogen-bond donors (Lipinski definition) is 19. The average Bonchev–Trinajstić information content (AvgIpc) is 1.01. The van der Waals surface area contributed by atoms with Gasteiger partial charge in [-0.2, -0.15) is 0 Å². The molecular weight excluding hydrogens is 1190 g/mol. The Morgan fingerprint density at radius 1 is 0.473 bits per heavy atom. The molecule has 0 aliphatic rings. The second-order valence-electron chi connectivity index (χ2n) is 22.7. The van der Waals surface area contributed by atoms with Crippen molar-refractivity contribution in [2.45, 2.75) is 192 Å². The third kappa shape index (κ3) is 32.2. The number of unbranched alkanes of at least 4 members (excludes halogenated alkanes) is 1. The van der Waals surface area contributed by atoms with E-state index in [9.17, 15) is 72.5 Å². The van der Waals surface area contributed by atoms with Gasteiger partial charge in [-0.15, -0.1) is 0 Å². The number of carboxylic acid groups (broad SMARTS) is 2. The average molecular weight is 1290 g/mol. The zero-order valence-electron chi connectivity index (χ0n) is 52.6. The highest BCUT2D eigenvalue weighted by Gasteiger charge is 2.38. The molecule has 11 atom stereocenters. The van der Waals surface area contributed by atoms with E-state index in [1.165, 1.54) is 0 Å². The largest absolute Gasteiger partial charge is 0.481 e. The summed E-state index contributed by atoms with van der Waals surface area (Å²) in [5.41, 5.74) is 44.7. The molecular formula is C57H97N19O15. The Balaban J connectivity index is 3.76. The van der Waals surface area contributed by atoms with Gasteiger partial charge in [0, 0.05) is 25.9 Å². The van der Waals surface area contributed by atoms with E-state index < -0.39 is 156 Å². The number of carboxylic acids is 2. The van der Waals surface area contributed by atoms with Crippen molar-refractivity contribution in [2.75, 3.05) is 19.6 Å². The number of rotatable bonds is 45. The van der Waals surface area contributed by atoms with E-state index >= 15 is 0 Å². The second kappa shape index (κ2) is 41.9. The first-order valence-electron chi connectivity index (χ1n) is 30.1. The number of nitrogens with zero attached hydrogens (tertiary/aromatic N) is 2. The Morgan fingerprint density at radius 3 is 1.34 bits per heavy atom. The molecule has 0 fully saturated rings. The van der Waals surface area contributed by atoms with Crippen LogP contribution in [0.3, 0.4) is 0 Å². The lowest BCUT2D eigenvalue weighted by atomic mass is 9.96. The Hall–Kier alpha value is -9.21. The highest BCUT2D eigenvalue weighted by atomic mass is 16.4. The minimum absolute atomic E-state index is 0.00136. The molecule has 0 spiro atoms. The number of carbonyl (C=O) groups excluding carboxylic acids is 11. The van der Waals surface area contributed by atoms with Gasteiger partial charge < -0.3 is 104 Å². The molecule has 0 aliphatic heterocycles. The molecule has 0 heterocycles. The first-order chi connectivity index (χ1) is 42.7. The fraction of sp³-hybridized carbons (Fsp3) is 0.632. The molecule has 11 amide bonds. The summed E-state index contributed by atoms with van der Waals surface area (Å²) in [5.74, 6) is -15.5. The maximum atomic E-state index is 14.5. The van der Waals surface area contributed by atoms with Gasteiger partial charge >= 0.3 is 11.9 Å². The van der Waals surface area contributed by atoms with E-state index in [0.717, 1.165) is 0 Å². The molecule has 1 rings (SSSR count). The zero-order chi connectivity index (χ0) is 69.1. The molecule has 0 radical (unpaired) electrons. The van der Waals surface area contributed by atoms with Gasteiger partial charge in [-0.1, -0.05) is 78.3 Å². The van der Waals surface area contributed by atoms with Crippen molar-refractivity contribution in [1.29, 1.82) is 0 Å². The predicted molar refractivity (Wildman–Crippen MR) is 334 cm³/mol. The van der Waals surface area contributed by atoms with Crippen molar-refractivity contribution in [3.63, 3.8) is 0 Å². The molecule has 34 heteroatoms. The molecule has 0 bridgehead atoms. The van der Waals surface area contributed by atoms with Gasteiger partial charge in [0.25, 0.3) is 0 Å². The van der Waals surface area contributed by atoms with Gasteiger partial charge in [-0.25, -0.2) is 4.79 Å². The summed E-state index contributed by atoms with van der Waals surface area (Å²) >= 11 is 0. The topological polar surface area (TPSA) is 604 Å². The molecule has 11 unspecified atom stereocenters. The van der Waals surface area contributed by atoms with E-state index in [-0.39, 0.29) is 114 Å². The van der Waals surface area contributed by atoms with E-state index in [2.05, 4.69) is 57.8 Å². The molecule has 0 saturated carbocycles. The van der Waals surface area contributed by atoms with Crippen LogP contribution >= 0.6 is 0 Å². The fourth-order valence-electron chi connectivity index (χ4n) is 8.83. The van der Waals surface area contributed by atoms with Crippen LogP contribution in [0.5, 0.6) is 0 Å². The summed E-state index contributed by atoms with van der Waals surface area (Å²) in [5, 5.41) is 42.3. The fourth-order valence-corrected chi connectivity index (χ4v) is 8.83. The molecule has 1 aromatic rings. The van der Waals surface area contributed by atoms with Crippen LogP contribution in [0.2, 0.25) is 0 Å². The third-order valence-electron chi connectivity index (χ3n) is 14.2. The summed E-state index contributed by atoms with van der Waals surface area (Å²) in [6, 6.07) is -6.92. The normalized spacial score (nSPS) is 14.7. The van der Waals surface area contributed by atoms with Crippen molar-refractivity contribution >= 4 is 88.8 Å². The highest BCUT2D eigenvalue weighted by Crippen LogP contribution is 2.15. The monoisotopic (exact) mass is 1290 g/mol. The van der Waals surface area contributed by atoms with Gasteiger partial charge in [0.1, 0.15) is 54.4 Å². The molecule has 510 valence electrons. The van der Waals surface area contributed by atoms with Gasteiger partial charge in [0.05, 0.1) is 18.9 Å². The standard InChI is InChI=1S/C57H97N19O15/c1-7-31(6)45(76-49(84)35(19-14-24-67-57(64)65)68-48(83)36(20-21-41(59)77)70-53(88)44(61)30(4)5)54(89)71-33(17-11-12-22-58)46(81)74-39(28-43(79)80)52(87)73-38(26-32-15-9-8-10-16-32)51(86)72-37(25-29(2)3)50(85)69-34(18-13-23-66-56(62)63)47(82)75-40(55(90)91)27-42(60)78/h8-10,15-16,29-31,33-40,44-45H,7,11-14,17-28,58,61H2,1-6H3,(H2,59,77)(H2,60,78)(H,68,83)(H,69,85)(H,70,88)(H,71,89)(H,72,86)(H,73,87)(H,74,81)(H,75,82)(H,76,84)(H,79,80)(H,90,91)(H4,62,63,66)(H4,64,65,67). The van der Waals surface area contributed by atoms with Crippen LogP contribution in [0.4, 0.5) is 0 Å². The number of nitrogens with two attached hydrogens (primary N) is 8. The van der Waals surface area contributed by atoms with E-state index in [1.54, 1.807) is 71.9 Å². The smallest absolute Gasteiger partial charge is 0.326 e.